The van der Waals surface area contributed by atoms with Crippen LogP contribution in [-0.4, -0.2) is 36.8 Å². The average Bonchev–Trinajstić information content (AvgIpc) is 2.99. The molecule has 24 heavy (non-hydrogen) atoms. The Bertz CT molecular complexity index is 781. The normalized spacial score (nSPS) is 12.2. The third-order valence-corrected chi connectivity index (χ3v) is 3.35. The first kappa shape index (κ1) is 17.2. The number of allylic oxidation sites excluding steroid dienone is 6. The number of nitrogens with one attached hydrogen (secondary N) is 2. The van der Waals surface area contributed by atoms with Crippen molar-refractivity contribution in [3.63, 3.8) is 0 Å². The lowest BCUT2D eigenvalue weighted by atomic mass is 10.2. The Balaban J connectivity index is 2.31. The van der Waals surface area contributed by atoms with Crippen molar-refractivity contribution >= 4 is 28.9 Å². The van der Waals surface area contributed by atoms with E-state index in [1.54, 1.807) is 18.3 Å². The molecule has 2 aromatic rings. The minimum atomic E-state index is 0.642. The van der Waals surface area contributed by atoms with Crippen LogP contribution in [0.3, 0.4) is 0 Å². The first-order valence-corrected chi connectivity index (χ1v) is 7.49. The molecule has 0 unspecified atom stereocenters. The molecule has 2 heterocycles. The van der Waals surface area contributed by atoms with Gasteiger partial charge in [-0.15, -0.1) is 0 Å². The number of hydrogen-bond donors (Lipinski definition) is 2. The number of furan rings is 1. The molecule has 0 atom stereocenters. The summed E-state index contributed by atoms with van der Waals surface area (Å²) in [6.45, 7) is 4.32. The fourth-order valence-corrected chi connectivity index (χ4v) is 2.22. The summed E-state index contributed by atoms with van der Waals surface area (Å²) >= 11 is 0. The molecule has 6 nitrogen and oxygen atoms in total. The molecule has 0 aliphatic rings. The number of likely N-dealkylation sites (N-methyl/N-ethyl adjacent to an activating group) is 1. The third kappa shape index (κ3) is 3.98. The van der Waals surface area contributed by atoms with E-state index in [9.17, 15) is 0 Å². The Morgan fingerprint density at radius 3 is 2.92 bits per heavy atom. The minimum absolute atomic E-state index is 0.642. The van der Waals surface area contributed by atoms with Crippen molar-refractivity contribution < 1.29 is 4.42 Å². The van der Waals surface area contributed by atoms with Crippen LogP contribution in [0.4, 0.5) is 11.6 Å². The highest BCUT2D eigenvalue weighted by Gasteiger charge is 2.17. The summed E-state index contributed by atoms with van der Waals surface area (Å²) in [7, 11) is 3.78. The lowest BCUT2D eigenvalue weighted by Gasteiger charge is -2.17. The molecule has 0 radical (unpaired) electrons. The Kier molecular flexibility index (Phi) is 6.08. The number of anilines is 2. The number of rotatable bonds is 8. The van der Waals surface area contributed by atoms with Crippen LogP contribution in [0, 0.1) is 5.41 Å². The van der Waals surface area contributed by atoms with Crippen molar-refractivity contribution in [1.82, 2.24) is 9.97 Å². The van der Waals surface area contributed by atoms with E-state index in [-0.39, 0.29) is 0 Å². The van der Waals surface area contributed by atoms with E-state index in [1.807, 2.05) is 37.2 Å². The summed E-state index contributed by atoms with van der Waals surface area (Å²) in [4.78, 5) is 10.4. The van der Waals surface area contributed by atoms with Gasteiger partial charge in [-0.2, -0.15) is 0 Å². The monoisotopic (exact) mass is 323 g/mol. The van der Waals surface area contributed by atoms with E-state index < -0.39 is 0 Å². The highest BCUT2D eigenvalue weighted by atomic mass is 16.4. The van der Waals surface area contributed by atoms with Crippen LogP contribution >= 0.6 is 0 Å². The molecule has 6 heteroatoms. The van der Waals surface area contributed by atoms with Gasteiger partial charge in [-0.1, -0.05) is 37.0 Å². The van der Waals surface area contributed by atoms with E-state index in [4.69, 9.17) is 9.83 Å². The SMILES string of the molecule is C=C\C=C/C(/C=C\C=N)=C\CN(C)c1c(NC)oc2cncnc12. The van der Waals surface area contributed by atoms with Crippen molar-refractivity contribution in [1.29, 1.82) is 5.41 Å². The van der Waals surface area contributed by atoms with Crippen LogP contribution in [0.25, 0.3) is 11.1 Å². The van der Waals surface area contributed by atoms with E-state index >= 15 is 0 Å². The topological polar surface area (TPSA) is 78.0 Å². The fourth-order valence-electron chi connectivity index (χ4n) is 2.22. The van der Waals surface area contributed by atoms with Crippen LogP contribution in [0.1, 0.15) is 0 Å². The minimum Gasteiger partial charge on any atom is -0.435 e. The molecule has 2 N–H and O–H groups in total. The molecule has 0 fully saturated rings. The van der Waals surface area contributed by atoms with Gasteiger partial charge in [0.25, 0.3) is 0 Å². The van der Waals surface area contributed by atoms with Crippen LogP contribution in [-0.2, 0) is 0 Å². The summed E-state index contributed by atoms with van der Waals surface area (Å²) in [6, 6.07) is 0. The Labute approximate surface area is 141 Å². The summed E-state index contributed by atoms with van der Waals surface area (Å²) < 4.78 is 5.74. The Morgan fingerprint density at radius 1 is 1.42 bits per heavy atom. The Morgan fingerprint density at radius 2 is 2.21 bits per heavy atom. The van der Waals surface area contributed by atoms with Crippen molar-refractivity contribution in [3.05, 3.63) is 61.1 Å². The summed E-state index contributed by atoms with van der Waals surface area (Å²) in [6.07, 6.45) is 15.5. The molecule has 124 valence electrons. The molecular weight excluding hydrogens is 302 g/mol. The van der Waals surface area contributed by atoms with E-state index in [1.165, 1.54) is 12.5 Å². The van der Waals surface area contributed by atoms with E-state index in [0.29, 0.717) is 18.0 Å². The van der Waals surface area contributed by atoms with Gasteiger partial charge in [0.2, 0.25) is 5.88 Å². The quantitative estimate of drug-likeness (QED) is 0.573. The van der Waals surface area contributed by atoms with Gasteiger partial charge in [0, 0.05) is 26.9 Å². The van der Waals surface area contributed by atoms with Crippen molar-refractivity contribution in [2.45, 2.75) is 0 Å². The van der Waals surface area contributed by atoms with Crippen molar-refractivity contribution in [2.75, 3.05) is 30.9 Å². The second-order valence-corrected chi connectivity index (χ2v) is 4.97. The van der Waals surface area contributed by atoms with Gasteiger partial charge in [0.1, 0.15) is 17.5 Å². The Hall–Kier alpha value is -3.15. The zero-order valence-corrected chi connectivity index (χ0v) is 13.9. The van der Waals surface area contributed by atoms with Crippen LogP contribution in [0.5, 0.6) is 0 Å². The number of hydrogen-bond acceptors (Lipinski definition) is 6. The van der Waals surface area contributed by atoms with Gasteiger partial charge >= 0.3 is 0 Å². The van der Waals surface area contributed by atoms with Gasteiger partial charge in [0.05, 0.1) is 6.20 Å². The fraction of sp³-hybridized carbons (Fsp3) is 0.167. The van der Waals surface area contributed by atoms with Gasteiger partial charge in [-0.25, -0.2) is 9.97 Å². The maximum absolute atomic E-state index is 7.12. The smallest absolute Gasteiger partial charge is 0.219 e. The van der Waals surface area contributed by atoms with Crippen LogP contribution in [0.2, 0.25) is 0 Å². The molecule has 2 aromatic heterocycles. The molecule has 0 amide bonds. The first-order chi connectivity index (χ1) is 11.7. The van der Waals surface area contributed by atoms with Crippen LogP contribution < -0.4 is 10.2 Å². The first-order valence-electron chi connectivity index (χ1n) is 7.49. The molecule has 2 rings (SSSR count). The zero-order valence-electron chi connectivity index (χ0n) is 13.9. The highest BCUT2D eigenvalue weighted by molar-refractivity contribution is 5.94. The molecule has 0 aliphatic carbocycles. The number of aromatic nitrogens is 2. The summed E-state index contributed by atoms with van der Waals surface area (Å²) in [5, 5.41) is 10.2. The molecule has 0 bridgehead atoms. The summed E-state index contributed by atoms with van der Waals surface area (Å²) in [5.74, 6) is 0.652. The average molecular weight is 323 g/mol. The lowest BCUT2D eigenvalue weighted by Crippen LogP contribution is -2.18. The summed E-state index contributed by atoms with van der Waals surface area (Å²) in [5.41, 5.74) is 3.28. The second-order valence-electron chi connectivity index (χ2n) is 4.97. The lowest BCUT2D eigenvalue weighted by molar-refractivity contribution is 0.628. The predicted octanol–water partition coefficient (Wildman–Crippen LogP) is 3.58. The third-order valence-electron chi connectivity index (χ3n) is 3.35. The van der Waals surface area contributed by atoms with Gasteiger partial charge < -0.3 is 20.0 Å². The number of nitrogens with zero attached hydrogens (tertiary/aromatic N) is 3. The van der Waals surface area contributed by atoms with Gasteiger partial charge in [-0.3, -0.25) is 0 Å². The zero-order chi connectivity index (χ0) is 17.4. The van der Waals surface area contributed by atoms with Gasteiger partial charge in [-0.05, 0) is 11.6 Å². The molecule has 0 aliphatic heterocycles. The standard InChI is InChI=1S/C18H21N5O/c1-4-5-7-14(8-6-10-19)9-11-23(3)17-16-15(12-21-13-22-16)24-18(17)20-2/h4-10,12-13,19-20H,1,11H2,2-3H3/b7-5-,8-6-,14-9+,19-10?. The maximum Gasteiger partial charge on any atom is 0.219 e. The maximum atomic E-state index is 7.12. The van der Waals surface area contributed by atoms with Crippen molar-refractivity contribution in [3.8, 4) is 0 Å². The molecular formula is C18H21N5O. The predicted molar refractivity (Wildman–Crippen MR) is 100.0 cm³/mol. The van der Waals surface area contributed by atoms with Crippen molar-refractivity contribution in [2.24, 2.45) is 0 Å². The second kappa shape index (κ2) is 8.47. The molecule has 0 aromatic carbocycles. The molecule has 0 saturated carbocycles. The number of fused-ring (bicyclic) bond motifs is 1. The van der Waals surface area contributed by atoms with Gasteiger partial charge in [0.15, 0.2) is 5.58 Å². The highest BCUT2D eigenvalue weighted by Crippen LogP contribution is 2.35. The van der Waals surface area contributed by atoms with E-state index in [0.717, 1.165) is 16.8 Å². The molecule has 0 spiro atoms. The largest absolute Gasteiger partial charge is 0.435 e. The van der Waals surface area contributed by atoms with Crippen LogP contribution in [0.15, 0.2) is 65.5 Å². The van der Waals surface area contributed by atoms with E-state index in [2.05, 4.69) is 27.9 Å². The molecule has 0 saturated heterocycles.